The number of hydrogen-bond acceptors (Lipinski definition) is 3. The van der Waals surface area contributed by atoms with Gasteiger partial charge in [-0.25, -0.2) is 4.39 Å². The van der Waals surface area contributed by atoms with Gasteiger partial charge < -0.3 is 14.6 Å². The fraction of sp³-hybridized carbons (Fsp3) is 0.536. The van der Waals surface area contributed by atoms with E-state index in [1.54, 1.807) is 12.1 Å². The topological polar surface area (TPSA) is 49.4 Å². The van der Waals surface area contributed by atoms with Crippen molar-refractivity contribution in [2.75, 3.05) is 6.61 Å². The van der Waals surface area contributed by atoms with E-state index in [9.17, 15) is 18.7 Å². The molecule has 0 unspecified atom stereocenters. The van der Waals surface area contributed by atoms with Crippen molar-refractivity contribution >= 4 is 5.97 Å². The van der Waals surface area contributed by atoms with E-state index in [1.807, 2.05) is 0 Å². The Hall–Kier alpha value is -2.43. The second-order valence-electron chi connectivity index (χ2n) is 8.69. The highest BCUT2D eigenvalue weighted by Crippen LogP contribution is 2.33. The molecule has 0 aliphatic carbocycles. The van der Waals surface area contributed by atoms with E-state index in [4.69, 9.17) is 4.74 Å². The van der Waals surface area contributed by atoms with E-state index in [0.29, 0.717) is 6.61 Å². The molecule has 0 aliphatic heterocycles. The maximum absolute atomic E-state index is 15.0. The molecule has 0 fully saturated rings. The molecule has 3 nitrogen and oxygen atoms in total. The van der Waals surface area contributed by atoms with Gasteiger partial charge in [-0.1, -0.05) is 89.8 Å². The van der Waals surface area contributed by atoms with Gasteiger partial charge in [-0.3, -0.25) is 0 Å². The Morgan fingerprint density at radius 3 is 2.09 bits per heavy atom. The van der Waals surface area contributed by atoms with Crippen LogP contribution in [0.15, 0.2) is 30.3 Å². The molecule has 0 bridgehead atoms. The highest BCUT2D eigenvalue weighted by Gasteiger charge is 2.18. The maximum Gasteiger partial charge on any atom is 0.201 e. The molecule has 33 heavy (non-hydrogen) atoms. The fourth-order valence-corrected chi connectivity index (χ4v) is 4.00. The number of carbonyl (C=O) groups is 1. The van der Waals surface area contributed by atoms with Crippen LogP contribution in [0.2, 0.25) is 0 Å². The number of benzene rings is 2. The Kier molecular flexibility index (Phi) is 11.9. The second kappa shape index (κ2) is 14.7. The van der Waals surface area contributed by atoms with Crippen LogP contribution < -0.4 is 9.84 Å². The monoisotopic (exact) mass is 459 g/mol. The minimum Gasteiger partial charge on any atom is -0.545 e. The Labute approximate surface area is 197 Å². The third kappa shape index (κ3) is 8.45. The summed E-state index contributed by atoms with van der Waals surface area (Å²) < 4.78 is 35.1. The quantitative estimate of drug-likeness (QED) is 0.248. The van der Waals surface area contributed by atoms with E-state index in [-0.39, 0.29) is 22.4 Å². The van der Waals surface area contributed by atoms with Crippen molar-refractivity contribution < 1.29 is 23.4 Å². The van der Waals surface area contributed by atoms with Gasteiger partial charge in [0.05, 0.1) is 12.6 Å². The first kappa shape index (κ1) is 26.8. The molecule has 0 saturated heterocycles. The van der Waals surface area contributed by atoms with Crippen LogP contribution in [0.1, 0.15) is 100 Å². The van der Waals surface area contributed by atoms with Crippen LogP contribution in [0.5, 0.6) is 5.75 Å². The highest BCUT2D eigenvalue weighted by atomic mass is 19.2. The van der Waals surface area contributed by atoms with Gasteiger partial charge in [-0.05, 0) is 42.5 Å². The summed E-state index contributed by atoms with van der Waals surface area (Å²) in [6, 6.07) is 7.55. The summed E-state index contributed by atoms with van der Waals surface area (Å²) in [5, 5.41) is 11.6. The Morgan fingerprint density at radius 2 is 1.42 bits per heavy atom. The van der Waals surface area contributed by atoms with Crippen LogP contribution in [0.3, 0.4) is 0 Å². The van der Waals surface area contributed by atoms with E-state index >= 15 is 0 Å². The lowest BCUT2D eigenvalue weighted by Crippen LogP contribution is -2.23. The highest BCUT2D eigenvalue weighted by molar-refractivity contribution is 5.95. The summed E-state index contributed by atoms with van der Waals surface area (Å²) in [6.45, 7) is 4.63. The fourth-order valence-electron chi connectivity index (χ4n) is 4.00. The minimum atomic E-state index is -1.41. The minimum absolute atomic E-state index is 0.0913. The normalized spacial score (nSPS) is 11.0. The van der Waals surface area contributed by atoms with Crippen LogP contribution in [0.4, 0.5) is 8.78 Å². The van der Waals surface area contributed by atoms with Gasteiger partial charge in [0.1, 0.15) is 0 Å². The molecule has 0 saturated carbocycles. The first-order valence-electron chi connectivity index (χ1n) is 12.4. The summed E-state index contributed by atoms with van der Waals surface area (Å²) in [7, 11) is 0. The summed E-state index contributed by atoms with van der Waals surface area (Å²) in [5.74, 6) is -3.75. The van der Waals surface area contributed by atoms with Crippen molar-refractivity contribution in [3.63, 3.8) is 0 Å². The molecule has 2 aromatic rings. The zero-order chi connectivity index (χ0) is 24.1. The largest absolute Gasteiger partial charge is 0.545 e. The van der Waals surface area contributed by atoms with Gasteiger partial charge in [-0.15, -0.1) is 0 Å². The first-order chi connectivity index (χ1) is 16.0. The molecule has 0 spiro atoms. The van der Waals surface area contributed by atoms with Crippen molar-refractivity contribution in [1.29, 1.82) is 0 Å². The summed E-state index contributed by atoms with van der Waals surface area (Å²) in [6.07, 6.45) is 12.7. The summed E-state index contributed by atoms with van der Waals surface area (Å²) in [5.41, 5.74) is 0.796. The Balaban J connectivity index is 2.11. The lowest BCUT2D eigenvalue weighted by atomic mass is 9.94. The molecular weight excluding hydrogens is 422 g/mol. The number of aromatic carboxylic acids is 1. The molecule has 0 heterocycles. The Morgan fingerprint density at radius 1 is 0.788 bits per heavy atom. The molecule has 2 rings (SSSR count). The van der Waals surface area contributed by atoms with Crippen LogP contribution in [-0.2, 0) is 6.42 Å². The molecule has 0 N–H and O–H groups in total. The van der Waals surface area contributed by atoms with Gasteiger partial charge in [0, 0.05) is 11.1 Å². The van der Waals surface area contributed by atoms with Crippen molar-refractivity contribution in [3.05, 3.63) is 53.1 Å². The average molecular weight is 460 g/mol. The third-order valence-electron chi connectivity index (χ3n) is 5.97. The molecule has 0 amide bonds. The lowest BCUT2D eigenvalue weighted by Gasteiger charge is -2.15. The zero-order valence-corrected chi connectivity index (χ0v) is 20.1. The Bertz CT molecular complexity index is 880. The average Bonchev–Trinajstić information content (AvgIpc) is 2.81. The number of carboxylic acids is 1. The SMILES string of the molecule is CCCCCCCCOc1ccc(-c2cc(CCCCCCC)ccc2C(=O)[O-])c(F)c1F. The standard InChI is InChI=1S/C28H38F2O3/c1-3-5-7-9-11-13-19-33-25-18-17-22(26(29)27(25)30)24-20-21(14-12-10-8-6-4-2)15-16-23(24)28(31)32/h15-18,20H,3-14,19H2,1-2H3,(H,31,32)/p-1. The van der Waals surface area contributed by atoms with Crippen molar-refractivity contribution in [2.45, 2.75) is 90.9 Å². The molecular formula is C28H37F2O3-. The third-order valence-corrected chi connectivity index (χ3v) is 5.97. The van der Waals surface area contributed by atoms with E-state index in [0.717, 1.165) is 56.9 Å². The van der Waals surface area contributed by atoms with Crippen LogP contribution in [-0.4, -0.2) is 12.6 Å². The number of carbonyl (C=O) groups excluding carboxylic acids is 1. The van der Waals surface area contributed by atoms with Crippen molar-refractivity contribution in [3.8, 4) is 16.9 Å². The number of halogens is 2. The van der Waals surface area contributed by atoms with Gasteiger partial charge in [-0.2, -0.15) is 4.39 Å². The smallest absolute Gasteiger partial charge is 0.201 e. The first-order valence-corrected chi connectivity index (χ1v) is 12.4. The van der Waals surface area contributed by atoms with Gasteiger partial charge in [0.2, 0.25) is 5.82 Å². The summed E-state index contributed by atoms with van der Waals surface area (Å²) >= 11 is 0. The number of aryl methyl sites for hydroxylation is 1. The number of carboxylic acid groups (broad SMARTS) is 1. The van der Waals surface area contributed by atoms with Crippen LogP contribution in [0.25, 0.3) is 11.1 Å². The van der Waals surface area contributed by atoms with E-state index < -0.39 is 17.6 Å². The summed E-state index contributed by atoms with van der Waals surface area (Å²) in [4.78, 5) is 11.6. The van der Waals surface area contributed by atoms with Gasteiger partial charge >= 0.3 is 0 Å². The van der Waals surface area contributed by atoms with Gasteiger partial charge in [0.15, 0.2) is 11.6 Å². The molecule has 182 valence electrons. The predicted molar refractivity (Wildman–Crippen MR) is 127 cm³/mol. The van der Waals surface area contributed by atoms with Gasteiger partial charge in [0.25, 0.3) is 0 Å². The number of hydrogen-bond donors (Lipinski definition) is 0. The van der Waals surface area contributed by atoms with E-state index in [1.165, 1.54) is 43.9 Å². The van der Waals surface area contributed by atoms with Crippen LogP contribution >= 0.6 is 0 Å². The number of rotatable bonds is 16. The number of unbranched alkanes of at least 4 members (excludes halogenated alkanes) is 9. The molecule has 0 aromatic heterocycles. The lowest BCUT2D eigenvalue weighted by molar-refractivity contribution is -0.254. The van der Waals surface area contributed by atoms with Crippen molar-refractivity contribution in [2.24, 2.45) is 0 Å². The van der Waals surface area contributed by atoms with Crippen LogP contribution in [0, 0.1) is 11.6 Å². The van der Waals surface area contributed by atoms with E-state index in [2.05, 4.69) is 13.8 Å². The molecule has 5 heteroatoms. The second-order valence-corrected chi connectivity index (χ2v) is 8.69. The number of ether oxygens (including phenoxy) is 1. The molecule has 0 radical (unpaired) electrons. The zero-order valence-electron chi connectivity index (χ0n) is 20.1. The molecule has 0 atom stereocenters. The maximum atomic E-state index is 15.0. The predicted octanol–water partition coefficient (Wildman–Crippen LogP) is 7.25. The van der Waals surface area contributed by atoms with Crippen molar-refractivity contribution in [1.82, 2.24) is 0 Å². The molecule has 0 aliphatic rings. The molecule has 2 aromatic carbocycles.